The number of H-pyrrole nitrogens is 1. The Morgan fingerprint density at radius 1 is 1.03 bits per heavy atom. The number of imidazole rings is 1. The topological polar surface area (TPSA) is 82.0 Å². The van der Waals surface area contributed by atoms with Gasteiger partial charge in [-0.15, -0.1) is 0 Å². The molecule has 0 fully saturated rings. The second-order valence-corrected chi connectivity index (χ2v) is 7.36. The number of carbonyl (C=O) groups is 1. The highest BCUT2D eigenvalue weighted by Gasteiger charge is 2.18. The van der Waals surface area contributed by atoms with Crippen LogP contribution in [0.1, 0.15) is 27.2 Å². The lowest BCUT2D eigenvalue weighted by Gasteiger charge is -2.12. The van der Waals surface area contributed by atoms with Gasteiger partial charge in [0.25, 0.3) is 0 Å². The number of aromatic amines is 1. The molecule has 0 aliphatic rings. The van der Waals surface area contributed by atoms with E-state index in [1.165, 1.54) is 25.3 Å². The fourth-order valence-corrected chi connectivity index (χ4v) is 3.81. The first-order chi connectivity index (χ1) is 14.9. The van der Waals surface area contributed by atoms with E-state index in [4.69, 9.17) is 9.47 Å². The summed E-state index contributed by atoms with van der Waals surface area (Å²) in [6.07, 6.45) is 1.84. The lowest BCUT2D eigenvalue weighted by atomic mass is 10.1. The van der Waals surface area contributed by atoms with Crippen LogP contribution in [0.5, 0.6) is 5.75 Å². The molecule has 158 valence electrons. The zero-order chi connectivity index (χ0) is 22.1. The first-order valence-electron chi connectivity index (χ1n) is 9.87. The summed E-state index contributed by atoms with van der Waals surface area (Å²) in [4.78, 5) is 16.5. The van der Waals surface area contributed by atoms with E-state index >= 15 is 0 Å². The monoisotopic (exact) mass is 416 g/mol. The number of para-hydroxylation sites is 1. The third-order valence-corrected chi connectivity index (χ3v) is 5.42. The quantitative estimate of drug-likeness (QED) is 0.479. The third kappa shape index (κ3) is 3.59. The SMILES string of the molecule is COC(=O)c1ccc(-c2cc(-c3ncn(-c4c(C)cccc4C)c3C)[nH]n2)cc1OC. The van der Waals surface area contributed by atoms with Crippen LogP contribution in [0.3, 0.4) is 0 Å². The number of aryl methyl sites for hydroxylation is 2. The van der Waals surface area contributed by atoms with Gasteiger partial charge < -0.3 is 14.0 Å². The van der Waals surface area contributed by atoms with Gasteiger partial charge in [0.15, 0.2) is 0 Å². The number of rotatable bonds is 5. The van der Waals surface area contributed by atoms with Crippen LogP contribution in [0, 0.1) is 20.8 Å². The van der Waals surface area contributed by atoms with Crippen molar-refractivity contribution in [1.82, 2.24) is 19.7 Å². The minimum Gasteiger partial charge on any atom is -0.496 e. The Balaban J connectivity index is 1.71. The van der Waals surface area contributed by atoms with Gasteiger partial charge in [-0.3, -0.25) is 5.10 Å². The fourth-order valence-electron chi connectivity index (χ4n) is 3.81. The van der Waals surface area contributed by atoms with Gasteiger partial charge in [0.2, 0.25) is 0 Å². The lowest BCUT2D eigenvalue weighted by molar-refractivity contribution is 0.0597. The molecule has 0 radical (unpaired) electrons. The van der Waals surface area contributed by atoms with Crippen molar-refractivity contribution in [3.05, 3.63) is 71.2 Å². The fraction of sp³-hybridized carbons (Fsp3) is 0.208. The summed E-state index contributed by atoms with van der Waals surface area (Å²) in [6.45, 7) is 6.24. The number of benzene rings is 2. The molecule has 0 bridgehead atoms. The third-order valence-electron chi connectivity index (χ3n) is 5.42. The zero-order valence-corrected chi connectivity index (χ0v) is 18.2. The van der Waals surface area contributed by atoms with Gasteiger partial charge in [-0.1, -0.05) is 24.3 Å². The summed E-state index contributed by atoms with van der Waals surface area (Å²) in [5, 5.41) is 7.53. The van der Waals surface area contributed by atoms with Crippen LogP contribution in [-0.4, -0.2) is 39.9 Å². The number of hydrogen-bond acceptors (Lipinski definition) is 5. The molecule has 2 aromatic carbocycles. The van der Waals surface area contributed by atoms with E-state index in [2.05, 4.69) is 51.8 Å². The molecule has 1 N–H and O–H groups in total. The number of aromatic nitrogens is 4. The Kier molecular flexibility index (Phi) is 5.33. The molecule has 4 aromatic rings. The van der Waals surface area contributed by atoms with Gasteiger partial charge in [0.05, 0.1) is 31.3 Å². The van der Waals surface area contributed by atoms with Gasteiger partial charge >= 0.3 is 5.97 Å². The highest BCUT2D eigenvalue weighted by molar-refractivity contribution is 5.93. The molecule has 4 rings (SSSR count). The van der Waals surface area contributed by atoms with Gasteiger partial charge in [-0.05, 0) is 50.1 Å². The zero-order valence-electron chi connectivity index (χ0n) is 18.2. The number of nitrogens with one attached hydrogen (secondary N) is 1. The highest BCUT2D eigenvalue weighted by atomic mass is 16.5. The van der Waals surface area contributed by atoms with E-state index < -0.39 is 5.97 Å². The molecule has 0 saturated heterocycles. The van der Waals surface area contributed by atoms with Crippen LogP contribution in [0.15, 0.2) is 48.8 Å². The second kappa shape index (κ2) is 8.10. The highest BCUT2D eigenvalue weighted by Crippen LogP contribution is 2.31. The van der Waals surface area contributed by atoms with E-state index in [0.29, 0.717) is 11.3 Å². The van der Waals surface area contributed by atoms with E-state index in [9.17, 15) is 4.79 Å². The normalized spacial score (nSPS) is 10.9. The second-order valence-electron chi connectivity index (χ2n) is 7.36. The molecular weight excluding hydrogens is 392 g/mol. The van der Waals surface area contributed by atoms with Gasteiger partial charge in [0.1, 0.15) is 23.3 Å². The molecule has 0 spiro atoms. The smallest absolute Gasteiger partial charge is 0.341 e. The Labute approximate surface area is 180 Å². The van der Waals surface area contributed by atoms with Crippen LogP contribution in [0.4, 0.5) is 0 Å². The molecule has 0 aliphatic carbocycles. The summed E-state index contributed by atoms with van der Waals surface area (Å²) < 4.78 is 12.3. The number of methoxy groups -OCH3 is 2. The van der Waals surface area contributed by atoms with E-state index in [0.717, 1.165) is 34.0 Å². The standard InChI is InChI=1S/C24H24N4O3/c1-14-7-6-8-15(2)23(14)28-13-25-22(16(28)3)20-12-19(26-27-20)17-9-10-18(24(29)31-5)21(11-17)30-4/h6-13H,1-5H3,(H,26,27). The van der Waals surface area contributed by atoms with E-state index in [1.807, 2.05) is 25.4 Å². The van der Waals surface area contributed by atoms with Gasteiger partial charge in [-0.25, -0.2) is 9.78 Å². The molecule has 2 aromatic heterocycles. The first kappa shape index (κ1) is 20.4. The Morgan fingerprint density at radius 2 is 1.77 bits per heavy atom. The first-order valence-corrected chi connectivity index (χ1v) is 9.87. The largest absolute Gasteiger partial charge is 0.496 e. The molecule has 7 heteroatoms. The van der Waals surface area contributed by atoms with Crippen LogP contribution in [-0.2, 0) is 4.74 Å². The molecule has 7 nitrogen and oxygen atoms in total. The van der Waals surface area contributed by atoms with Crippen molar-refractivity contribution >= 4 is 5.97 Å². The Bertz CT molecular complexity index is 1250. The predicted octanol–water partition coefficient (Wildman–Crippen LogP) is 4.65. The minimum atomic E-state index is -0.446. The van der Waals surface area contributed by atoms with Crippen molar-refractivity contribution in [2.75, 3.05) is 14.2 Å². The summed E-state index contributed by atoms with van der Waals surface area (Å²) in [5.74, 6) is -0.0110. The molecule has 0 unspecified atom stereocenters. The number of ether oxygens (including phenoxy) is 2. The van der Waals surface area contributed by atoms with Crippen molar-refractivity contribution in [1.29, 1.82) is 0 Å². The molecule has 0 saturated carbocycles. The van der Waals surface area contributed by atoms with Crippen molar-refractivity contribution in [2.45, 2.75) is 20.8 Å². The van der Waals surface area contributed by atoms with Crippen LogP contribution < -0.4 is 4.74 Å². The average molecular weight is 416 g/mol. The predicted molar refractivity (Wildman–Crippen MR) is 119 cm³/mol. The molecule has 0 amide bonds. The Hall–Kier alpha value is -3.87. The maximum absolute atomic E-state index is 11.9. The average Bonchev–Trinajstić information content (AvgIpc) is 3.40. The van der Waals surface area contributed by atoms with E-state index in [1.54, 1.807) is 12.1 Å². The van der Waals surface area contributed by atoms with Crippen molar-refractivity contribution in [3.8, 4) is 34.1 Å². The molecule has 31 heavy (non-hydrogen) atoms. The molecule has 2 heterocycles. The maximum Gasteiger partial charge on any atom is 0.341 e. The van der Waals surface area contributed by atoms with Gasteiger partial charge in [0, 0.05) is 11.3 Å². The van der Waals surface area contributed by atoms with Crippen molar-refractivity contribution in [3.63, 3.8) is 0 Å². The van der Waals surface area contributed by atoms with Gasteiger partial charge in [-0.2, -0.15) is 5.10 Å². The maximum atomic E-state index is 11.9. The number of nitrogens with zero attached hydrogens (tertiary/aromatic N) is 3. The van der Waals surface area contributed by atoms with Crippen molar-refractivity contribution in [2.24, 2.45) is 0 Å². The summed E-state index contributed by atoms with van der Waals surface area (Å²) in [7, 11) is 2.86. The number of carbonyl (C=O) groups excluding carboxylic acids is 1. The van der Waals surface area contributed by atoms with Crippen molar-refractivity contribution < 1.29 is 14.3 Å². The van der Waals surface area contributed by atoms with E-state index in [-0.39, 0.29) is 0 Å². The number of hydrogen-bond donors (Lipinski definition) is 1. The summed E-state index contributed by atoms with van der Waals surface area (Å²) in [5.41, 5.74) is 8.10. The summed E-state index contributed by atoms with van der Waals surface area (Å²) in [6, 6.07) is 13.5. The van der Waals surface area contributed by atoms with Crippen LogP contribution in [0.25, 0.3) is 28.3 Å². The molecule has 0 atom stereocenters. The molecular formula is C24H24N4O3. The summed E-state index contributed by atoms with van der Waals surface area (Å²) >= 11 is 0. The molecule has 0 aliphatic heterocycles. The van der Waals surface area contributed by atoms with Crippen LogP contribution >= 0.6 is 0 Å². The Morgan fingerprint density at radius 3 is 2.45 bits per heavy atom. The minimum absolute atomic E-state index is 0.368. The van der Waals surface area contributed by atoms with Crippen LogP contribution in [0.2, 0.25) is 0 Å². The lowest BCUT2D eigenvalue weighted by Crippen LogP contribution is -2.04. The number of esters is 1.